The fraction of sp³-hybridized carbons (Fsp3) is 0.571. The molecule has 5 nitrogen and oxygen atoms in total. The van der Waals surface area contributed by atoms with Gasteiger partial charge in [-0.3, -0.25) is 4.90 Å². The summed E-state index contributed by atoms with van der Waals surface area (Å²) in [5.41, 5.74) is 2.69. The van der Waals surface area contributed by atoms with Crippen LogP contribution in [0.4, 0.5) is 5.82 Å². The largest absolute Gasteiger partial charge is 0.308 e. The van der Waals surface area contributed by atoms with E-state index in [-0.39, 0.29) is 0 Å². The van der Waals surface area contributed by atoms with Crippen LogP contribution in [0.15, 0.2) is 11.4 Å². The average molecular weight is 291 g/mol. The molecule has 1 aliphatic heterocycles. The minimum Gasteiger partial charge on any atom is -0.308 e. The first-order valence-corrected chi connectivity index (χ1v) is 8.07. The van der Waals surface area contributed by atoms with E-state index in [0.29, 0.717) is 0 Å². The molecule has 0 aromatic carbocycles. The van der Waals surface area contributed by atoms with Gasteiger partial charge >= 0.3 is 0 Å². The molecule has 1 saturated heterocycles. The highest BCUT2D eigenvalue weighted by molar-refractivity contribution is 7.16. The van der Waals surface area contributed by atoms with Crippen molar-refractivity contribution in [1.82, 2.24) is 14.9 Å². The average Bonchev–Trinajstić information content (AvgIpc) is 2.82. The van der Waals surface area contributed by atoms with Crippen LogP contribution in [0.2, 0.25) is 0 Å². The standard InChI is InChI=1S/C14H21N5S/c1-10-3-2-6-19(7-4-10)9-12-16-13(18-15)11-5-8-20-14(11)17-12/h5,8,10H,2-4,6-7,9,15H2,1H3,(H,16,17,18). The summed E-state index contributed by atoms with van der Waals surface area (Å²) in [5, 5.41) is 3.03. The molecule has 2 aromatic heterocycles. The van der Waals surface area contributed by atoms with Gasteiger partial charge in [0.1, 0.15) is 10.7 Å². The van der Waals surface area contributed by atoms with Crippen LogP contribution >= 0.6 is 11.3 Å². The van der Waals surface area contributed by atoms with Crippen molar-refractivity contribution in [2.24, 2.45) is 11.8 Å². The van der Waals surface area contributed by atoms with E-state index in [0.717, 1.165) is 47.4 Å². The van der Waals surface area contributed by atoms with Gasteiger partial charge in [0.15, 0.2) is 5.82 Å². The molecule has 3 rings (SSSR count). The summed E-state index contributed by atoms with van der Waals surface area (Å²) in [7, 11) is 0. The first-order valence-electron chi connectivity index (χ1n) is 7.19. The Bertz CT molecular complexity index is 582. The zero-order valence-electron chi connectivity index (χ0n) is 11.8. The van der Waals surface area contributed by atoms with E-state index in [2.05, 4.69) is 27.2 Å². The Hall–Kier alpha value is -1.24. The van der Waals surface area contributed by atoms with Gasteiger partial charge in [-0.25, -0.2) is 15.8 Å². The highest BCUT2D eigenvalue weighted by Crippen LogP contribution is 2.25. The fourth-order valence-corrected chi connectivity index (χ4v) is 3.54. The zero-order valence-corrected chi connectivity index (χ0v) is 12.6. The lowest BCUT2D eigenvalue weighted by Crippen LogP contribution is -2.25. The summed E-state index contributed by atoms with van der Waals surface area (Å²) in [4.78, 5) is 12.7. The lowest BCUT2D eigenvalue weighted by Gasteiger charge is -2.19. The molecule has 0 spiro atoms. The minimum atomic E-state index is 0.731. The number of thiophene rings is 1. The van der Waals surface area contributed by atoms with E-state index >= 15 is 0 Å². The van der Waals surface area contributed by atoms with Crippen molar-refractivity contribution in [3.63, 3.8) is 0 Å². The molecule has 20 heavy (non-hydrogen) atoms. The maximum atomic E-state index is 5.57. The lowest BCUT2D eigenvalue weighted by atomic mass is 10.0. The number of hydrogen-bond donors (Lipinski definition) is 2. The zero-order chi connectivity index (χ0) is 13.9. The molecule has 1 unspecified atom stereocenters. The summed E-state index contributed by atoms with van der Waals surface area (Å²) >= 11 is 1.63. The molecule has 108 valence electrons. The smallest absolute Gasteiger partial charge is 0.152 e. The molecule has 6 heteroatoms. The van der Waals surface area contributed by atoms with Crippen molar-refractivity contribution in [2.45, 2.75) is 32.7 Å². The maximum absolute atomic E-state index is 5.57. The number of fused-ring (bicyclic) bond motifs is 1. The van der Waals surface area contributed by atoms with Crippen LogP contribution in [0.5, 0.6) is 0 Å². The second-order valence-electron chi connectivity index (χ2n) is 5.58. The number of nitrogens with two attached hydrogens (primary N) is 1. The number of hydrazine groups is 1. The number of anilines is 1. The van der Waals surface area contributed by atoms with E-state index in [1.54, 1.807) is 11.3 Å². The maximum Gasteiger partial charge on any atom is 0.152 e. The molecule has 0 radical (unpaired) electrons. The van der Waals surface area contributed by atoms with Crippen LogP contribution in [0.25, 0.3) is 10.2 Å². The Morgan fingerprint density at radius 2 is 2.30 bits per heavy atom. The number of likely N-dealkylation sites (tertiary alicyclic amines) is 1. The molecule has 0 amide bonds. The summed E-state index contributed by atoms with van der Waals surface area (Å²) < 4.78 is 0. The van der Waals surface area contributed by atoms with Crippen LogP contribution in [0.3, 0.4) is 0 Å². The highest BCUT2D eigenvalue weighted by Gasteiger charge is 2.16. The van der Waals surface area contributed by atoms with Gasteiger partial charge < -0.3 is 5.43 Å². The van der Waals surface area contributed by atoms with Crippen LogP contribution < -0.4 is 11.3 Å². The van der Waals surface area contributed by atoms with Gasteiger partial charge in [-0.15, -0.1) is 11.3 Å². The molecular weight excluding hydrogens is 270 g/mol. The second-order valence-corrected chi connectivity index (χ2v) is 6.48. The number of nitrogen functional groups attached to an aromatic ring is 1. The van der Waals surface area contributed by atoms with Crippen LogP contribution in [0, 0.1) is 5.92 Å². The van der Waals surface area contributed by atoms with Gasteiger partial charge in [0.25, 0.3) is 0 Å². The highest BCUT2D eigenvalue weighted by atomic mass is 32.1. The Labute approximate surface area is 123 Å². The van der Waals surface area contributed by atoms with Crippen LogP contribution in [-0.2, 0) is 6.54 Å². The number of hydrogen-bond acceptors (Lipinski definition) is 6. The van der Waals surface area contributed by atoms with Crippen molar-refractivity contribution in [3.8, 4) is 0 Å². The van der Waals surface area contributed by atoms with Gasteiger partial charge in [-0.2, -0.15) is 0 Å². The van der Waals surface area contributed by atoms with Crippen LogP contribution in [0.1, 0.15) is 32.0 Å². The van der Waals surface area contributed by atoms with Gasteiger partial charge in [0.2, 0.25) is 0 Å². The molecule has 3 N–H and O–H groups in total. The summed E-state index contributed by atoms with van der Waals surface area (Å²) in [5.74, 6) is 8.00. The molecule has 2 aromatic rings. The Morgan fingerprint density at radius 3 is 3.15 bits per heavy atom. The molecule has 0 saturated carbocycles. The van der Waals surface area contributed by atoms with E-state index < -0.39 is 0 Å². The second kappa shape index (κ2) is 6.03. The Kier molecular flexibility index (Phi) is 4.14. The van der Waals surface area contributed by atoms with E-state index in [4.69, 9.17) is 5.84 Å². The fourth-order valence-electron chi connectivity index (χ4n) is 2.76. The van der Waals surface area contributed by atoms with Crippen molar-refractivity contribution in [2.75, 3.05) is 18.5 Å². The molecular formula is C14H21N5S. The molecule has 1 aliphatic rings. The quantitative estimate of drug-likeness (QED) is 0.672. The van der Waals surface area contributed by atoms with E-state index in [1.165, 1.54) is 19.3 Å². The van der Waals surface area contributed by atoms with Crippen molar-refractivity contribution >= 4 is 27.4 Å². The van der Waals surface area contributed by atoms with Gasteiger partial charge in [-0.1, -0.05) is 6.92 Å². The first kappa shape index (κ1) is 13.7. The molecule has 3 heterocycles. The number of nitrogens with one attached hydrogen (secondary N) is 1. The first-order chi connectivity index (χ1) is 9.76. The summed E-state index contributed by atoms with van der Waals surface area (Å²) in [6, 6.07) is 2.01. The normalized spacial score (nSPS) is 21.0. The topological polar surface area (TPSA) is 67.1 Å². The molecule has 0 aliphatic carbocycles. The Morgan fingerprint density at radius 1 is 1.40 bits per heavy atom. The molecule has 0 bridgehead atoms. The van der Waals surface area contributed by atoms with Gasteiger partial charge in [0, 0.05) is 0 Å². The van der Waals surface area contributed by atoms with Gasteiger partial charge in [0.05, 0.1) is 11.9 Å². The molecule has 1 fully saturated rings. The van der Waals surface area contributed by atoms with Crippen molar-refractivity contribution in [3.05, 3.63) is 17.3 Å². The number of rotatable bonds is 3. The third-order valence-electron chi connectivity index (χ3n) is 3.98. The minimum absolute atomic E-state index is 0.731. The monoisotopic (exact) mass is 291 g/mol. The van der Waals surface area contributed by atoms with E-state index in [9.17, 15) is 0 Å². The molecule has 1 atom stereocenters. The summed E-state index contributed by atoms with van der Waals surface area (Å²) in [6.45, 7) is 5.43. The van der Waals surface area contributed by atoms with Crippen molar-refractivity contribution in [1.29, 1.82) is 0 Å². The third-order valence-corrected chi connectivity index (χ3v) is 4.79. The summed E-state index contributed by atoms with van der Waals surface area (Å²) in [6.07, 6.45) is 3.87. The predicted octanol–water partition coefficient (Wildman–Crippen LogP) is 2.60. The number of nitrogens with zero attached hydrogens (tertiary/aromatic N) is 3. The van der Waals surface area contributed by atoms with E-state index in [1.807, 2.05) is 11.4 Å². The van der Waals surface area contributed by atoms with Crippen LogP contribution in [-0.4, -0.2) is 28.0 Å². The SMILES string of the molecule is CC1CCCN(Cc2nc(NN)c3ccsc3n2)CC1. The number of aromatic nitrogens is 2. The lowest BCUT2D eigenvalue weighted by molar-refractivity contribution is 0.267. The van der Waals surface area contributed by atoms with Gasteiger partial charge in [-0.05, 0) is 49.7 Å². The third kappa shape index (κ3) is 2.92. The van der Waals surface area contributed by atoms with Crippen molar-refractivity contribution < 1.29 is 0 Å². The Balaban J connectivity index is 1.79. The predicted molar refractivity (Wildman–Crippen MR) is 83.5 cm³/mol.